The summed E-state index contributed by atoms with van der Waals surface area (Å²) in [7, 11) is 0. The van der Waals surface area contributed by atoms with Crippen LogP contribution in [-0.4, -0.2) is 43.6 Å². The first kappa shape index (κ1) is 19.1. The quantitative estimate of drug-likeness (QED) is 0.738. The van der Waals surface area contributed by atoms with Crippen LogP contribution >= 0.6 is 0 Å². The molecule has 6 nitrogen and oxygen atoms in total. The van der Waals surface area contributed by atoms with E-state index in [1.807, 2.05) is 0 Å². The fourth-order valence-electron chi connectivity index (χ4n) is 3.76. The Morgan fingerprint density at radius 1 is 1.14 bits per heavy atom. The van der Waals surface area contributed by atoms with Gasteiger partial charge in [0.05, 0.1) is 11.3 Å². The number of carbonyl (C=O) groups excluding carboxylic acids is 1. The summed E-state index contributed by atoms with van der Waals surface area (Å²) >= 11 is 0. The van der Waals surface area contributed by atoms with E-state index >= 15 is 0 Å². The maximum absolute atomic E-state index is 13.1. The molecule has 0 bridgehead atoms. The van der Waals surface area contributed by atoms with Crippen LogP contribution in [0.1, 0.15) is 28.8 Å². The lowest BCUT2D eigenvalue weighted by atomic mass is 9.89. The van der Waals surface area contributed by atoms with Crippen molar-refractivity contribution in [1.82, 2.24) is 19.9 Å². The number of aliphatic hydroxyl groups is 1. The first-order chi connectivity index (χ1) is 14.1. The third kappa shape index (κ3) is 4.30. The smallest absolute Gasteiger partial charge is 0.258 e. The van der Waals surface area contributed by atoms with Crippen LogP contribution in [0.5, 0.6) is 0 Å². The SMILES string of the molecule is O=C(c1cccnc1-c1ccncn1)N1CCC(Cc2ccc(F)cc2)CC1O. The summed E-state index contributed by atoms with van der Waals surface area (Å²) in [4.78, 5) is 27.0. The van der Waals surface area contributed by atoms with E-state index < -0.39 is 6.23 Å². The van der Waals surface area contributed by atoms with Gasteiger partial charge in [0, 0.05) is 18.9 Å². The highest BCUT2D eigenvalue weighted by Crippen LogP contribution is 2.28. The Morgan fingerprint density at radius 3 is 2.69 bits per heavy atom. The predicted molar refractivity (Wildman–Crippen MR) is 105 cm³/mol. The summed E-state index contributed by atoms with van der Waals surface area (Å²) in [6.45, 7) is 0.448. The van der Waals surface area contributed by atoms with Crippen LogP contribution in [0, 0.1) is 11.7 Å². The second-order valence-electron chi connectivity index (χ2n) is 7.19. The average molecular weight is 392 g/mol. The number of amides is 1. The van der Waals surface area contributed by atoms with Crippen LogP contribution in [0.2, 0.25) is 0 Å². The van der Waals surface area contributed by atoms with E-state index in [0.29, 0.717) is 29.9 Å². The number of halogens is 1. The Labute approximate surface area is 168 Å². The molecule has 2 atom stereocenters. The molecule has 1 N–H and O–H groups in total. The molecule has 2 aromatic heterocycles. The van der Waals surface area contributed by atoms with E-state index in [-0.39, 0.29) is 17.6 Å². The van der Waals surface area contributed by atoms with E-state index in [0.717, 1.165) is 18.4 Å². The largest absolute Gasteiger partial charge is 0.374 e. The molecule has 148 valence electrons. The van der Waals surface area contributed by atoms with Crippen molar-refractivity contribution >= 4 is 5.91 Å². The number of likely N-dealkylation sites (tertiary alicyclic amines) is 1. The third-order valence-electron chi connectivity index (χ3n) is 5.24. The molecule has 0 saturated carbocycles. The Kier molecular flexibility index (Phi) is 5.57. The summed E-state index contributed by atoms with van der Waals surface area (Å²) in [6.07, 6.45) is 5.74. The second-order valence-corrected chi connectivity index (χ2v) is 7.19. The van der Waals surface area contributed by atoms with E-state index in [9.17, 15) is 14.3 Å². The normalized spacial score (nSPS) is 19.2. The van der Waals surface area contributed by atoms with Gasteiger partial charge in [0.1, 0.15) is 24.1 Å². The van der Waals surface area contributed by atoms with Gasteiger partial charge in [0.2, 0.25) is 0 Å². The maximum Gasteiger partial charge on any atom is 0.258 e. The monoisotopic (exact) mass is 392 g/mol. The lowest BCUT2D eigenvalue weighted by Gasteiger charge is -2.36. The molecule has 1 aromatic carbocycles. The van der Waals surface area contributed by atoms with E-state index in [1.165, 1.54) is 23.4 Å². The highest BCUT2D eigenvalue weighted by atomic mass is 19.1. The lowest BCUT2D eigenvalue weighted by Crippen LogP contribution is -2.46. The molecule has 1 aliphatic rings. The third-order valence-corrected chi connectivity index (χ3v) is 5.24. The van der Waals surface area contributed by atoms with Crippen molar-refractivity contribution in [1.29, 1.82) is 0 Å². The topological polar surface area (TPSA) is 79.2 Å². The number of rotatable bonds is 4. The number of carbonyl (C=O) groups is 1. The molecule has 3 heterocycles. The van der Waals surface area contributed by atoms with Crippen LogP contribution in [0.15, 0.2) is 61.2 Å². The van der Waals surface area contributed by atoms with Crippen molar-refractivity contribution in [2.75, 3.05) is 6.54 Å². The van der Waals surface area contributed by atoms with Gasteiger partial charge in [-0.25, -0.2) is 14.4 Å². The van der Waals surface area contributed by atoms with Gasteiger partial charge in [-0.1, -0.05) is 12.1 Å². The van der Waals surface area contributed by atoms with Gasteiger partial charge < -0.3 is 10.0 Å². The number of aliphatic hydroxyl groups excluding tert-OH is 1. The van der Waals surface area contributed by atoms with Gasteiger partial charge in [0.25, 0.3) is 5.91 Å². The Hall–Kier alpha value is -3.19. The minimum Gasteiger partial charge on any atom is -0.374 e. The van der Waals surface area contributed by atoms with Crippen LogP contribution in [-0.2, 0) is 6.42 Å². The molecule has 1 fully saturated rings. The van der Waals surface area contributed by atoms with Gasteiger partial charge in [-0.3, -0.25) is 9.78 Å². The number of piperidine rings is 1. The Balaban J connectivity index is 1.48. The number of benzene rings is 1. The zero-order valence-corrected chi connectivity index (χ0v) is 15.8. The highest BCUT2D eigenvalue weighted by Gasteiger charge is 2.32. The van der Waals surface area contributed by atoms with Crippen molar-refractivity contribution in [2.24, 2.45) is 5.92 Å². The first-order valence-electron chi connectivity index (χ1n) is 9.56. The number of hydrogen-bond donors (Lipinski definition) is 1. The summed E-state index contributed by atoms with van der Waals surface area (Å²) in [6, 6.07) is 11.5. The Bertz CT molecular complexity index is 982. The molecular formula is C22H21FN4O2. The van der Waals surface area contributed by atoms with Crippen LogP contribution in [0.4, 0.5) is 4.39 Å². The highest BCUT2D eigenvalue weighted by molar-refractivity contribution is 5.99. The van der Waals surface area contributed by atoms with Crippen molar-refractivity contribution in [2.45, 2.75) is 25.5 Å². The van der Waals surface area contributed by atoms with Crippen LogP contribution < -0.4 is 0 Å². The van der Waals surface area contributed by atoms with Gasteiger partial charge in [-0.05, 0) is 61.1 Å². The van der Waals surface area contributed by atoms with Gasteiger partial charge in [-0.15, -0.1) is 0 Å². The minimum atomic E-state index is -0.875. The Morgan fingerprint density at radius 2 is 1.97 bits per heavy atom. The number of hydrogen-bond acceptors (Lipinski definition) is 5. The van der Waals surface area contributed by atoms with E-state index in [4.69, 9.17) is 0 Å². The number of aromatic nitrogens is 3. The molecule has 1 saturated heterocycles. The van der Waals surface area contributed by atoms with Crippen molar-refractivity contribution in [3.63, 3.8) is 0 Å². The van der Waals surface area contributed by atoms with Crippen molar-refractivity contribution < 1.29 is 14.3 Å². The molecule has 2 unspecified atom stereocenters. The van der Waals surface area contributed by atoms with Crippen molar-refractivity contribution in [3.8, 4) is 11.4 Å². The minimum absolute atomic E-state index is 0.231. The number of nitrogens with zero attached hydrogens (tertiary/aromatic N) is 4. The predicted octanol–water partition coefficient (Wildman–Crippen LogP) is 3.09. The molecule has 4 rings (SSSR count). The van der Waals surface area contributed by atoms with Crippen molar-refractivity contribution in [3.05, 3.63) is 78.1 Å². The zero-order valence-electron chi connectivity index (χ0n) is 15.8. The van der Waals surface area contributed by atoms with Crippen LogP contribution in [0.3, 0.4) is 0 Å². The average Bonchev–Trinajstić information content (AvgIpc) is 2.76. The fourth-order valence-corrected chi connectivity index (χ4v) is 3.76. The zero-order chi connectivity index (χ0) is 20.2. The van der Waals surface area contributed by atoms with Crippen LogP contribution in [0.25, 0.3) is 11.4 Å². The molecule has 1 aliphatic heterocycles. The van der Waals surface area contributed by atoms with E-state index in [2.05, 4.69) is 15.0 Å². The molecule has 0 spiro atoms. The molecule has 0 radical (unpaired) electrons. The molecule has 29 heavy (non-hydrogen) atoms. The summed E-state index contributed by atoms with van der Waals surface area (Å²) in [5.74, 6) is -0.292. The van der Waals surface area contributed by atoms with Gasteiger partial charge in [0.15, 0.2) is 0 Å². The fraction of sp³-hybridized carbons (Fsp3) is 0.273. The molecule has 3 aromatic rings. The standard InChI is InChI=1S/C22H21FN4O2/c23-17-5-3-15(4-6-17)12-16-8-11-27(20(28)13-16)22(29)18-2-1-9-25-21(18)19-7-10-24-14-26-19/h1-7,9-10,14,16,20,28H,8,11-13H2. The molecule has 7 heteroatoms. The lowest BCUT2D eigenvalue weighted by molar-refractivity contribution is -0.0273. The molecule has 0 aliphatic carbocycles. The molecular weight excluding hydrogens is 371 g/mol. The molecule has 1 amide bonds. The number of pyridine rings is 1. The summed E-state index contributed by atoms with van der Waals surface area (Å²) in [5.41, 5.74) is 2.47. The second kappa shape index (κ2) is 8.45. The van der Waals surface area contributed by atoms with Gasteiger partial charge >= 0.3 is 0 Å². The van der Waals surface area contributed by atoms with Gasteiger partial charge in [-0.2, -0.15) is 0 Å². The maximum atomic E-state index is 13.1. The summed E-state index contributed by atoms with van der Waals surface area (Å²) < 4.78 is 13.1. The summed E-state index contributed by atoms with van der Waals surface area (Å²) in [5, 5.41) is 10.7. The first-order valence-corrected chi connectivity index (χ1v) is 9.56. The van der Waals surface area contributed by atoms with E-state index in [1.54, 1.807) is 42.7 Å².